The van der Waals surface area contributed by atoms with Crippen LogP contribution in [0, 0.1) is 6.92 Å². The molecule has 0 saturated carbocycles. The molecule has 2 heterocycles. The smallest absolute Gasteiger partial charge is 0.140 e. The SMILES string of the molecule is Cc1cn2ccc(Oc3ccc(N)cc3)cc2n1. The molecule has 3 rings (SSSR count). The van der Waals surface area contributed by atoms with Gasteiger partial charge in [0.15, 0.2) is 0 Å². The van der Waals surface area contributed by atoms with Gasteiger partial charge in [0.2, 0.25) is 0 Å². The van der Waals surface area contributed by atoms with Crippen LogP contribution in [0.1, 0.15) is 5.69 Å². The second-order valence-electron chi connectivity index (χ2n) is 4.18. The van der Waals surface area contributed by atoms with E-state index in [1.54, 1.807) is 0 Å². The van der Waals surface area contributed by atoms with Crippen LogP contribution >= 0.6 is 0 Å². The van der Waals surface area contributed by atoms with Crippen LogP contribution in [0.5, 0.6) is 11.5 Å². The number of ether oxygens (including phenoxy) is 1. The number of nitrogens with two attached hydrogens (primary N) is 1. The summed E-state index contributed by atoms with van der Waals surface area (Å²) in [5, 5.41) is 0. The largest absolute Gasteiger partial charge is 0.457 e. The van der Waals surface area contributed by atoms with Crippen LogP contribution in [-0.2, 0) is 0 Å². The monoisotopic (exact) mass is 239 g/mol. The molecule has 4 nitrogen and oxygen atoms in total. The molecule has 0 unspecified atom stereocenters. The number of hydrogen-bond acceptors (Lipinski definition) is 3. The Hall–Kier alpha value is -2.49. The number of nitrogen functional groups attached to an aromatic ring is 1. The zero-order valence-corrected chi connectivity index (χ0v) is 10.00. The highest BCUT2D eigenvalue weighted by Gasteiger charge is 2.01. The quantitative estimate of drug-likeness (QED) is 0.699. The van der Waals surface area contributed by atoms with E-state index < -0.39 is 0 Å². The lowest BCUT2D eigenvalue weighted by atomic mass is 10.3. The Morgan fingerprint density at radius 1 is 1.11 bits per heavy atom. The molecule has 0 aliphatic heterocycles. The van der Waals surface area contributed by atoms with Gasteiger partial charge in [-0.05, 0) is 37.3 Å². The highest BCUT2D eigenvalue weighted by atomic mass is 16.5. The van der Waals surface area contributed by atoms with Gasteiger partial charge in [-0.1, -0.05) is 0 Å². The lowest BCUT2D eigenvalue weighted by Crippen LogP contribution is -1.88. The Balaban J connectivity index is 1.92. The first-order valence-corrected chi connectivity index (χ1v) is 5.69. The molecule has 2 N–H and O–H groups in total. The second kappa shape index (κ2) is 4.07. The summed E-state index contributed by atoms with van der Waals surface area (Å²) in [6.45, 7) is 1.97. The van der Waals surface area contributed by atoms with Crippen molar-refractivity contribution in [3.05, 3.63) is 54.5 Å². The summed E-state index contributed by atoms with van der Waals surface area (Å²) in [7, 11) is 0. The van der Waals surface area contributed by atoms with Crippen LogP contribution < -0.4 is 10.5 Å². The van der Waals surface area contributed by atoms with Crippen molar-refractivity contribution in [1.29, 1.82) is 0 Å². The normalized spacial score (nSPS) is 10.7. The fourth-order valence-electron chi connectivity index (χ4n) is 1.83. The van der Waals surface area contributed by atoms with Gasteiger partial charge in [0.05, 0.1) is 5.69 Å². The molecule has 2 aromatic heterocycles. The maximum atomic E-state index is 5.74. The molecule has 0 amide bonds. The number of nitrogens with zero attached hydrogens (tertiary/aromatic N) is 2. The molecule has 0 spiro atoms. The van der Waals surface area contributed by atoms with Crippen molar-refractivity contribution in [2.45, 2.75) is 6.92 Å². The minimum absolute atomic E-state index is 0.724. The van der Waals surface area contributed by atoms with Gasteiger partial charge in [-0.15, -0.1) is 0 Å². The fraction of sp³-hybridized carbons (Fsp3) is 0.0714. The van der Waals surface area contributed by atoms with Crippen molar-refractivity contribution in [3.63, 3.8) is 0 Å². The summed E-state index contributed by atoms with van der Waals surface area (Å²) in [4.78, 5) is 4.39. The molecule has 0 fully saturated rings. The standard InChI is InChI=1S/C14H13N3O/c1-10-9-17-7-6-13(8-14(17)16-10)18-12-4-2-11(15)3-5-12/h2-9H,15H2,1H3. The number of anilines is 1. The Bertz CT molecular complexity index is 686. The van der Waals surface area contributed by atoms with Crippen molar-refractivity contribution >= 4 is 11.3 Å². The van der Waals surface area contributed by atoms with Gasteiger partial charge < -0.3 is 14.9 Å². The van der Waals surface area contributed by atoms with Gasteiger partial charge in [-0.3, -0.25) is 0 Å². The average molecular weight is 239 g/mol. The average Bonchev–Trinajstić information content (AvgIpc) is 2.71. The van der Waals surface area contributed by atoms with E-state index in [4.69, 9.17) is 10.5 Å². The minimum Gasteiger partial charge on any atom is -0.457 e. The lowest BCUT2D eigenvalue weighted by Gasteiger charge is -2.06. The number of benzene rings is 1. The highest BCUT2D eigenvalue weighted by molar-refractivity contribution is 5.48. The van der Waals surface area contributed by atoms with E-state index in [1.165, 1.54) is 0 Å². The molecule has 0 radical (unpaired) electrons. The number of aromatic nitrogens is 2. The molecule has 90 valence electrons. The maximum Gasteiger partial charge on any atom is 0.140 e. The van der Waals surface area contributed by atoms with Crippen LogP contribution in [0.3, 0.4) is 0 Å². The van der Waals surface area contributed by atoms with Gasteiger partial charge in [0.25, 0.3) is 0 Å². The van der Waals surface area contributed by atoms with E-state index >= 15 is 0 Å². The predicted octanol–water partition coefficient (Wildman–Crippen LogP) is 3.02. The molecule has 0 aliphatic carbocycles. The summed E-state index contributed by atoms with van der Waals surface area (Å²) in [5.41, 5.74) is 8.21. The molecule has 0 atom stereocenters. The Morgan fingerprint density at radius 3 is 2.67 bits per heavy atom. The van der Waals surface area contributed by atoms with Crippen LogP contribution in [-0.4, -0.2) is 9.38 Å². The van der Waals surface area contributed by atoms with Gasteiger partial charge in [0.1, 0.15) is 17.1 Å². The zero-order valence-electron chi connectivity index (χ0n) is 10.00. The minimum atomic E-state index is 0.724. The van der Waals surface area contributed by atoms with Crippen molar-refractivity contribution in [2.24, 2.45) is 0 Å². The molecular weight excluding hydrogens is 226 g/mol. The van der Waals surface area contributed by atoms with E-state index in [-0.39, 0.29) is 0 Å². The van der Waals surface area contributed by atoms with Gasteiger partial charge in [-0.25, -0.2) is 4.98 Å². The first-order valence-electron chi connectivity index (χ1n) is 5.69. The van der Waals surface area contributed by atoms with Crippen LogP contribution in [0.2, 0.25) is 0 Å². The first kappa shape index (κ1) is 10.7. The first-order chi connectivity index (χ1) is 8.70. The van der Waals surface area contributed by atoms with Gasteiger partial charge >= 0.3 is 0 Å². The van der Waals surface area contributed by atoms with Gasteiger partial charge in [-0.2, -0.15) is 0 Å². The van der Waals surface area contributed by atoms with Crippen molar-refractivity contribution in [2.75, 3.05) is 5.73 Å². The van der Waals surface area contributed by atoms with E-state index in [0.717, 1.165) is 28.5 Å². The molecule has 0 saturated heterocycles. The van der Waals surface area contributed by atoms with E-state index in [0.29, 0.717) is 0 Å². The summed E-state index contributed by atoms with van der Waals surface area (Å²) >= 11 is 0. The molecule has 0 bridgehead atoms. The number of rotatable bonds is 2. The molecular formula is C14H13N3O. The fourth-order valence-corrected chi connectivity index (χ4v) is 1.83. The van der Waals surface area contributed by atoms with Crippen LogP contribution in [0.4, 0.5) is 5.69 Å². The third-order valence-electron chi connectivity index (χ3n) is 2.67. The maximum absolute atomic E-state index is 5.74. The van der Waals surface area contributed by atoms with Gasteiger partial charge in [0, 0.05) is 24.1 Å². The second-order valence-corrected chi connectivity index (χ2v) is 4.18. The molecule has 1 aromatic carbocycles. The Labute approximate surface area is 105 Å². The number of hydrogen-bond donors (Lipinski definition) is 1. The molecule has 4 heteroatoms. The van der Waals surface area contributed by atoms with Crippen LogP contribution in [0.25, 0.3) is 5.65 Å². The highest BCUT2D eigenvalue weighted by Crippen LogP contribution is 2.23. The van der Waals surface area contributed by atoms with Crippen molar-refractivity contribution in [1.82, 2.24) is 9.38 Å². The molecule has 0 aliphatic rings. The predicted molar refractivity (Wildman–Crippen MR) is 70.9 cm³/mol. The Kier molecular flexibility index (Phi) is 2.41. The van der Waals surface area contributed by atoms with Crippen molar-refractivity contribution in [3.8, 4) is 11.5 Å². The number of fused-ring (bicyclic) bond motifs is 1. The van der Waals surface area contributed by atoms with Crippen molar-refractivity contribution < 1.29 is 4.74 Å². The summed E-state index contributed by atoms with van der Waals surface area (Å²) in [5.74, 6) is 1.52. The third-order valence-corrected chi connectivity index (χ3v) is 2.67. The Morgan fingerprint density at radius 2 is 1.89 bits per heavy atom. The number of aryl methyl sites for hydroxylation is 1. The third kappa shape index (κ3) is 2.00. The molecule has 3 aromatic rings. The topological polar surface area (TPSA) is 52.5 Å². The summed E-state index contributed by atoms with van der Waals surface area (Å²) < 4.78 is 7.71. The van der Waals surface area contributed by atoms with E-state index in [1.807, 2.05) is 60.1 Å². The van der Waals surface area contributed by atoms with E-state index in [9.17, 15) is 0 Å². The number of imidazole rings is 1. The zero-order chi connectivity index (χ0) is 12.5. The summed E-state index contributed by atoms with van der Waals surface area (Å²) in [6.07, 6.45) is 3.91. The van der Waals surface area contributed by atoms with E-state index in [2.05, 4.69) is 4.98 Å². The van der Waals surface area contributed by atoms with Crippen LogP contribution in [0.15, 0.2) is 48.8 Å². The summed E-state index contributed by atoms with van der Waals surface area (Å²) in [6, 6.07) is 11.1. The molecule has 18 heavy (non-hydrogen) atoms. The lowest BCUT2D eigenvalue weighted by molar-refractivity contribution is 0.482. The number of pyridine rings is 1.